The number of allylic oxidation sites excluding steroid dienone is 4. The summed E-state index contributed by atoms with van der Waals surface area (Å²) < 4.78 is 0. The molecule has 0 aromatic carbocycles. The molecule has 0 spiro atoms. The number of nitrogens with zero attached hydrogens (tertiary/aromatic N) is 2. The highest BCUT2D eigenvalue weighted by Crippen LogP contribution is 2.55. The van der Waals surface area contributed by atoms with Crippen molar-refractivity contribution in [1.82, 2.24) is 9.80 Å². The van der Waals surface area contributed by atoms with Gasteiger partial charge in [0.25, 0.3) is 0 Å². The first-order chi connectivity index (χ1) is 14.6. The summed E-state index contributed by atoms with van der Waals surface area (Å²) >= 11 is 0. The third-order valence-corrected chi connectivity index (χ3v) is 9.37. The van der Waals surface area contributed by atoms with E-state index in [2.05, 4.69) is 24.3 Å². The van der Waals surface area contributed by atoms with Crippen molar-refractivity contribution in [1.29, 1.82) is 0 Å². The van der Waals surface area contributed by atoms with Gasteiger partial charge in [-0.2, -0.15) is 0 Å². The third kappa shape index (κ3) is 1.92. The molecule has 2 aliphatic heterocycles. The molecule has 5 aliphatic carbocycles. The average molecular weight is 406 g/mol. The predicted octanol–water partition coefficient (Wildman–Crippen LogP) is 1.91. The van der Waals surface area contributed by atoms with E-state index in [4.69, 9.17) is 0 Å². The van der Waals surface area contributed by atoms with E-state index in [9.17, 15) is 19.2 Å². The van der Waals surface area contributed by atoms with E-state index in [1.165, 1.54) is 9.80 Å². The van der Waals surface area contributed by atoms with Gasteiger partial charge >= 0.3 is 0 Å². The quantitative estimate of drug-likeness (QED) is 0.519. The number of fused-ring (bicyclic) bond motifs is 10. The summed E-state index contributed by atoms with van der Waals surface area (Å²) in [5.74, 6) is -0.393. The van der Waals surface area contributed by atoms with Gasteiger partial charge in [0.1, 0.15) is 0 Å². The largest absolute Gasteiger partial charge is 0.277 e. The molecule has 0 N–H and O–H groups in total. The van der Waals surface area contributed by atoms with E-state index in [0.717, 1.165) is 25.7 Å². The summed E-state index contributed by atoms with van der Waals surface area (Å²) in [4.78, 5) is 56.6. The molecule has 10 unspecified atom stereocenters. The van der Waals surface area contributed by atoms with Crippen LogP contribution in [0.2, 0.25) is 0 Å². The zero-order chi connectivity index (χ0) is 20.3. The van der Waals surface area contributed by atoms with Crippen molar-refractivity contribution in [3.05, 3.63) is 24.3 Å². The van der Waals surface area contributed by atoms with Gasteiger partial charge in [0.05, 0.1) is 35.8 Å². The lowest BCUT2D eigenvalue weighted by Gasteiger charge is -2.41. The number of carbonyl (C=O) groups excluding carboxylic acids is 4. The van der Waals surface area contributed by atoms with Crippen LogP contribution in [0.5, 0.6) is 0 Å². The van der Waals surface area contributed by atoms with E-state index in [-0.39, 0.29) is 83.1 Å². The van der Waals surface area contributed by atoms with Gasteiger partial charge in [-0.05, 0) is 49.4 Å². The average Bonchev–Trinajstić information content (AvgIpc) is 3.56. The van der Waals surface area contributed by atoms with Crippen LogP contribution in [0.4, 0.5) is 0 Å². The van der Waals surface area contributed by atoms with E-state index >= 15 is 0 Å². The molecule has 6 nitrogen and oxygen atoms in total. The number of carbonyl (C=O) groups is 4. The SMILES string of the molecule is O=C1C2C3C=CC(C3)C2C(=O)N1C1CCCCC1N1C(=O)C2C3C=CC(C3)C2C1=O. The van der Waals surface area contributed by atoms with Crippen molar-refractivity contribution in [3.63, 3.8) is 0 Å². The van der Waals surface area contributed by atoms with Crippen molar-refractivity contribution in [2.45, 2.75) is 50.6 Å². The van der Waals surface area contributed by atoms with E-state index in [1.54, 1.807) is 0 Å². The smallest absolute Gasteiger partial charge is 0.234 e. The third-order valence-electron chi connectivity index (χ3n) is 9.37. The zero-order valence-corrected chi connectivity index (χ0v) is 16.9. The van der Waals surface area contributed by atoms with Gasteiger partial charge < -0.3 is 0 Å². The molecule has 30 heavy (non-hydrogen) atoms. The Bertz CT molecular complexity index is 817. The van der Waals surface area contributed by atoms with Crippen LogP contribution < -0.4 is 0 Å². The summed E-state index contributed by atoms with van der Waals surface area (Å²) in [5.41, 5.74) is 0. The minimum atomic E-state index is -0.346. The Kier molecular flexibility index (Phi) is 3.32. The van der Waals surface area contributed by atoms with Crippen molar-refractivity contribution < 1.29 is 19.2 Å². The zero-order valence-electron chi connectivity index (χ0n) is 16.9. The lowest BCUT2D eigenvalue weighted by Crippen LogP contribution is -2.57. The molecule has 2 heterocycles. The van der Waals surface area contributed by atoms with E-state index in [0.29, 0.717) is 12.8 Å². The summed E-state index contributed by atoms with van der Waals surface area (Å²) in [6, 6.07) is -0.692. The minimum Gasteiger partial charge on any atom is -0.277 e. The fraction of sp³-hybridized carbons (Fsp3) is 0.667. The normalized spacial score (nSPS) is 50.4. The minimum absolute atomic E-state index is 0.0558. The molecule has 4 amide bonds. The summed E-state index contributed by atoms with van der Waals surface area (Å²) in [7, 11) is 0. The molecule has 6 heteroatoms. The second-order valence-electron chi connectivity index (χ2n) is 10.5. The number of likely N-dealkylation sites (tertiary alicyclic amines) is 2. The molecule has 2 saturated heterocycles. The van der Waals surface area contributed by atoms with Gasteiger partial charge in [0.15, 0.2) is 0 Å². The Balaban J connectivity index is 1.22. The first kappa shape index (κ1) is 17.4. The van der Waals surface area contributed by atoms with Crippen LogP contribution in [0.1, 0.15) is 38.5 Å². The summed E-state index contributed by atoms with van der Waals surface area (Å²) in [6.45, 7) is 0. The van der Waals surface area contributed by atoms with Gasteiger partial charge in [-0.3, -0.25) is 29.0 Å². The molecule has 10 atom stereocenters. The lowest BCUT2D eigenvalue weighted by molar-refractivity contribution is -0.154. The predicted molar refractivity (Wildman–Crippen MR) is 105 cm³/mol. The molecular formula is C24H26N2O4. The molecule has 0 aromatic rings. The van der Waals surface area contributed by atoms with Gasteiger partial charge in [-0.25, -0.2) is 0 Å². The van der Waals surface area contributed by atoms with Crippen LogP contribution in [0.25, 0.3) is 0 Å². The molecule has 7 aliphatic rings. The lowest BCUT2D eigenvalue weighted by atomic mass is 9.85. The number of hydrogen-bond donors (Lipinski definition) is 0. The second-order valence-corrected chi connectivity index (χ2v) is 10.5. The van der Waals surface area contributed by atoms with Gasteiger partial charge in [0.2, 0.25) is 23.6 Å². The summed E-state index contributed by atoms with van der Waals surface area (Å²) in [5, 5.41) is 0. The summed E-state index contributed by atoms with van der Waals surface area (Å²) in [6.07, 6.45) is 13.5. The molecule has 3 saturated carbocycles. The molecule has 4 bridgehead atoms. The van der Waals surface area contributed by atoms with Crippen LogP contribution in [0.15, 0.2) is 24.3 Å². The van der Waals surface area contributed by atoms with E-state index < -0.39 is 0 Å². The Morgan fingerprint density at radius 2 is 0.833 bits per heavy atom. The Morgan fingerprint density at radius 3 is 1.13 bits per heavy atom. The van der Waals surface area contributed by atoms with Gasteiger partial charge in [-0.15, -0.1) is 0 Å². The fourth-order valence-electron chi connectivity index (χ4n) is 8.20. The Hall–Kier alpha value is -2.24. The maximum absolute atomic E-state index is 13.4. The molecule has 0 aromatic heterocycles. The number of amides is 4. The van der Waals surface area contributed by atoms with Crippen LogP contribution in [0.3, 0.4) is 0 Å². The van der Waals surface area contributed by atoms with Crippen molar-refractivity contribution in [3.8, 4) is 0 Å². The first-order valence-electron chi connectivity index (χ1n) is 11.7. The highest BCUT2D eigenvalue weighted by atomic mass is 16.2. The van der Waals surface area contributed by atoms with E-state index in [1.807, 2.05) is 0 Å². The molecule has 7 rings (SSSR count). The van der Waals surface area contributed by atoms with Gasteiger partial charge in [0, 0.05) is 0 Å². The van der Waals surface area contributed by atoms with Crippen LogP contribution >= 0.6 is 0 Å². The highest BCUT2D eigenvalue weighted by Gasteiger charge is 2.64. The van der Waals surface area contributed by atoms with Crippen molar-refractivity contribution in [2.24, 2.45) is 47.3 Å². The Labute approximate surface area is 175 Å². The Morgan fingerprint density at radius 1 is 0.533 bits per heavy atom. The van der Waals surface area contributed by atoms with Crippen LogP contribution in [-0.4, -0.2) is 45.5 Å². The van der Waals surface area contributed by atoms with Crippen LogP contribution in [0, 0.1) is 47.3 Å². The van der Waals surface area contributed by atoms with Crippen molar-refractivity contribution >= 4 is 23.6 Å². The topological polar surface area (TPSA) is 74.8 Å². The number of hydrogen-bond acceptors (Lipinski definition) is 4. The second kappa shape index (κ2) is 5.71. The monoisotopic (exact) mass is 406 g/mol. The van der Waals surface area contributed by atoms with Crippen molar-refractivity contribution in [2.75, 3.05) is 0 Å². The molecular weight excluding hydrogens is 380 g/mol. The number of imide groups is 2. The first-order valence-corrected chi connectivity index (χ1v) is 11.7. The number of rotatable bonds is 2. The maximum atomic E-state index is 13.4. The highest BCUT2D eigenvalue weighted by molar-refractivity contribution is 6.08. The molecule has 5 fully saturated rings. The fourth-order valence-corrected chi connectivity index (χ4v) is 8.20. The molecule has 0 radical (unpaired) electrons. The maximum Gasteiger partial charge on any atom is 0.234 e. The van der Waals surface area contributed by atoms with Crippen LogP contribution in [-0.2, 0) is 19.2 Å². The standard InChI is InChI=1S/C24H26N2O4/c27-21-17-11-5-6-12(9-11)18(17)22(28)25(21)15-3-1-2-4-16(15)26-23(29)19-13-7-8-14(10-13)20(19)24(26)30/h5-8,11-20H,1-4,9-10H2. The molecule has 156 valence electrons. The van der Waals surface area contributed by atoms with Gasteiger partial charge in [-0.1, -0.05) is 37.1 Å².